The molecule has 1 aromatic heterocycles. The first-order valence-corrected chi connectivity index (χ1v) is 13.1. The van der Waals surface area contributed by atoms with E-state index in [1.165, 1.54) is 44.5 Å². The molecule has 0 unspecified atom stereocenters. The lowest BCUT2D eigenvalue weighted by Gasteiger charge is -2.29. The van der Waals surface area contributed by atoms with E-state index in [4.69, 9.17) is 14.5 Å². The Hall–Kier alpha value is -3.11. The molecule has 0 N–H and O–H groups in total. The molecule has 4 heteroatoms. The Balaban J connectivity index is 0.00000124. The molecule has 0 fully saturated rings. The summed E-state index contributed by atoms with van der Waals surface area (Å²) >= 11 is 3.69. The third-order valence-electron chi connectivity index (χ3n) is 6.94. The Morgan fingerprint density at radius 1 is 0.686 bits per heavy atom. The topological polar surface area (TPSA) is 31.4 Å². The number of rotatable bonds is 3. The van der Waals surface area contributed by atoms with Crippen molar-refractivity contribution in [3.05, 3.63) is 87.4 Å². The smallest absolute Gasteiger partial charge is 0.119 e. The average molecular weight is 528 g/mol. The summed E-state index contributed by atoms with van der Waals surface area (Å²) in [5, 5.41) is 0. The van der Waals surface area contributed by atoms with Crippen molar-refractivity contribution in [3.8, 4) is 45.1 Å². The van der Waals surface area contributed by atoms with Gasteiger partial charge in [0.05, 0.1) is 25.6 Å². The number of pyridine rings is 1. The van der Waals surface area contributed by atoms with Crippen molar-refractivity contribution in [1.82, 2.24) is 4.98 Å². The van der Waals surface area contributed by atoms with E-state index in [9.17, 15) is 0 Å². The molecule has 0 aliphatic heterocycles. The van der Waals surface area contributed by atoms with Gasteiger partial charge < -0.3 is 9.47 Å². The first kappa shape index (κ1) is 23.6. The fraction of sp³-hybridized carbons (Fsp3) is 0.258. The second kappa shape index (κ2) is 9.87. The Labute approximate surface area is 216 Å². The highest BCUT2D eigenvalue weighted by Crippen LogP contribution is 2.46. The molecule has 4 aromatic rings. The zero-order valence-electron chi connectivity index (χ0n) is 20.7. The van der Waals surface area contributed by atoms with Gasteiger partial charge in [-0.3, -0.25) is 0 Å². The number of hydrogen-bond donors (Lipinski definition) is 0. The van der Waals surface area contributed by atoms with Gasteiger partial charge in [-0.15, -0.1) is 0 Å². The van der Waals surface area contributed by atoms with Gasteiger partial charge in [-0.1, -0.05) is 41.9 Å². The molecule has 3 aromatic carbocycles. The molecule has 6 rings (SSSR count). The van der Waals surface area contributed by atoms with E-state index < -0.39 is 0 Å². The van der Waals surface area contributed by atoms with Crippen LogP contribution in [0.25, 0.3) is 33.6 Å². The van der Waals surface area contributed by atoms with Crippen molar-refractivity contribution in [1.29, 1.82) is 0 Å². The van der Waals surface area contributed by atoms with E-state index in [0.717, 1.165) is 53.0 Å². The highest BCUT2D eigenvalue weighted by molar-refractivity contribution is 9.10. The summed E-state index contributed by atoms with van der Waals surface area (Å²) in [5.41, 5.74) is 12.6. The van der Waals surface area contributed by atoms with Gasteiger partial charge in [0.1, 0.15) is 11.5 Å². The van der Waals surface area contributed by atoms with Gasteiger partial charge in [0, 0.05) is 15.6 Å². The maximum Gasteiger partial charge on any atom is 0.119 e. The highest BCUT2D eigenvalue weighted by atomic mass is 79.9. The maximum absolute atomic E-state index is 5.50. The molecule has 178 valence electrons. The molecule has 3 nitrogen and oxygen atoms in total. The molecule has 0 spiro atoms. The highest BCUT2D eigenvalue weighted by Gasteiger charge is 2.29. The molecule has 1 heterocycles. The molecular formula is C31H30BrNO2. The van der Waals surface area contributed by atoms with E-state index in [2.05, 4.69) is 64.5 Å². The number of methoxy groups -OCH3 is 2. The van der Waals surface area contributed by atoms with Gasteiger partial charge in [0.15, 0.2) is 0 Å². The Kier molecular flexibility index (Phi) is 6.66. The summed E-state index contributed by atoms with van der Waals surface area (Å²) in [4.78, 5) is 5.36. The molecule has 0 atom stereocenters. The van der Waals surface area contributed by atoms with Crippen LogP contribution in [0.3, 0.4) is 0 Å². The van der Waals surface area contributed by atoms with Gasteiger partial charge >= 0.3 is 0 Å². The first-order chi connectivity index (χ1) is 17.2. The molecule has 0 amide bonds. The number of halogens is 1. The van der Waals surface area contributed by atoms with Crippen molar-refractivity contribution in [2.24, 2.45) is 0 Å². The van der Waals surface area contributed by atoms with Crippen LogP contribution in [0.1, 0.15) is 36.1 Å². The summed E-state index contributed by atoms with van der Waals surface area (Å²) < 4.78 is 12.1. The normalized spacial score (nSPS) is 12.8. The Morgan fingerprint density at radius 2 is 1.23 bits per heavy atom. The number of aromatic nitrogens is 1. The summed E-state index contributed by atoms with van der Waals surface area (Å²) in [5.74, 6) is 1.81. The number of benzene rings is 3. The van der Waals surface area contributed by atoms with Gasteiger partial charge in [0.2, 0.25) is 0 Å². The standard InChI is InChI=1S/C29H24BrNO2.C2H6/c1-32-21-8-12-23-17(15-21)6-10-25-27(19-4-3-5-20(30)14-19)26-11-7-18-16-22(33-2)9-13-24(18)29(26)31-28(23)25;1-2/h3-5,8-9,12-16H,6-7,10-11H2,1-2H3;1-2H3. The van der Waals surface area contributed by atoms with E-state index in [1.807, 2.05) is 26.0 Å². The summed E-state index contributed by atoms with van der Waals surface area (Å²) in [6, 6.07) is 21.5. The van der Waals surface area contributed by atoms with Crippen molar-refractivity contribution < 1.29 is 9.47 Å². The minimum atomic E-state index is 0.903. The lowest BCUT2D eigenvalue weighted by molar-refractivity contribution is 0.414. The van der Waals surface area contributed by atoms with Crippen molar-refractivity contribution in [2.45, 2.75) is 39.5 Å². The van der Waals surface area contributed by atoms with E-state index in [1.54, 1.807) is 14.2 Å². The fourth-order valence-electron chi connectivity index (χ4n) is 5.38. The second-order valence-electron chi connectivity index (χ2n) is 8.70. The van der Waals surface area contributed by atoms with Crippen LogP contribution in [0.4, 0.5) is 0 Å². The maximum atomic E-state index is 5.50. The number of ether oxygens (including phenoxy) is 2. The number of nitrogens with zero attached hydrogens (tertiary/aromatic N) is 1. The van der Waals surface area contributed by atoms with Crippen LogP contribution in [-0.2, 0) is 25.7 Å². The quantitative estimate of drug-likeness (QED) is 0.269. The van der Waals surface area contributed by atoms with Gasteiger partial charge in [0.25, 0.3) is 0 Å². The van der Waals surface area contributed by atoms with Gasteiger partial charge in [-0.05, 0) is 108 Å². The second-order valence-corrected chi connectivity index (χ2v) is 9.61. The predicted octanol–water partition coefficient (Wildman–Crippen LogP) is 8.09. The monoisotopic (exact) mass is 527 g/mol. The first-order valence-electron chi connectivity index (χ1n) is 12.3. The van der Waals surface area contributed by atoms with Crippen molar-refractivity contribution in [3.63, 3.8) is 0 Å². The van der Waals surface area contributed by atoms with E-state index in [-0.39, 0.29) is 0 Å². The van der Waals surface area contributed by atoms with Gasteiger partial charge in [-0.25, -0.2) is 4.98 Å². The number of hydrogen-bond acceptors (Lipinski definition) is 3. The number of aryl methyl sites for hydroxylation is 2. The molecule has 0 radical (unpaired) electrons. The third kappa shape index (κ3) is 4.14. The van der Waals surface area contributed by atoms with E-state index in [0.29, 0.717) is 0 Å². The van der Waals surface area contributed by atoms with Crippen LogP contribution in [-0.4, -0.2) is 19.2 Å². The fourth-order valence-corrected chi connectivity index (χ4v) is 5.78. The summed E-state index contributed by atoms with van der Waals surface area (Å²) in [6.45, 7) is 4.00. The van der Waals surface area contributed by atoms with Crippen LogP contribution < -0.4 is 9.47 Å². The van der Waals surface area contributed by atoms with Crippen LogP contribution in [0.2, 0.25) is 0 Å². The molecule has 0 saturated carbocycles. The largest absolute Gasteiger partial charge is 0.497 e. The minimum Gasteiger partial charge on any atom is -0.497 e. The number of fused-ring (bicyclic) bond motifs is 6. The van der Waals surface area contributed by atoms with Crippen molar-refractivity contribution >= 4 is 15.9 Å². The van der Waals surface area contributed by atoms with Crippen molar-refractivity contribution in [2.75, 3.05) is 14.2 Å². The minimum absolute atomic E-state index is 0.903. The summed E-state index contributed by atoms with van der Waals surface area (Å²) in [7, 11) is 3.45. The van der Waals surface area contributed by atoms with Crippen LogP contribution >= 0.6 is 15.9 Å². The average Bonchev–Trinajstić information content (AvgIpc) is 2.91. The third-order valence-corrected chi connectivity index (χ3v) is 7.43. The Morgan fingerprint density at radius 3 is 1.71 bits per heavy atom. The van der Waals surface area contributed by atoms with E-state index >= 15 is 0 Å². The molecule has 35 heavy (non-hydrogen) atoms. The lowest BCUT2D eigenvalue weighted by atomic mass is 9.78. The molecule has 2 aliphatic rings. The van der Waals surface area contributed by atoms with Gasteiger partial charge in [-0.2, -0.15) is 0 Å². The van der Waals surface area contributed by atoms with Crippen LogP contribution in [0.15, 0.2) is 65.1 Å². The SMILES string of the molecule is CC.COc1ccc2c(c1)CCc1c-2nc2c(c1-c1cccc(Br)c1)CCc1cc(OC)ccc1-2. The predicted molar refractivity (Wildman–Crippen MR) is 148 cm³/mol. The Bertz CT molecular complexity index is 1330. The molecular weight excluding hydrogens is 498 g/mol. The zero-order chi connectivity index (χ0) is 24.5. The summed E-state index contributed by atoms with van der Waals surface area (Å²) in [6.07, 6.45) is 3.95. The molecule has 0 saturated heterocycles. The molecule has 2 aliphatic carbocycles. The molecule has 0 bridgehead atoms. The lowest BCUT2D eigenvalue weighted by Crippen LogP contribution is -2.15. The van der Waals surface area contributed by atoms with Crippen LogP contribution in [0.5, 0.6) is 11.5 Å². The zero-order valence-corrected chi connectivity index (χ0v) is 22.3. The van der Waals surface area contributed by atoms with Crippen LogP contribution in [0, 0.1) is 0 Å².